The lowest BCUT2D eigenvalue weighted by atomic mass is 9.95. The van der Waals surface area contributed by atoms with E-state index >= 15 is 0 Å². The summed E-state index contributed by atoms with van der Waals surface area (Å²) in [5, 5.41) is 3.78. The van der Waals surface area contributed by atoms with E-state index in [2.05, 4.69) is 58.1 Å². The van der Waals surface area contributed by atoms with E-state index < -0.39 is 0 Å². The Balaban J connectivity index is 1.14. The van der Waals surface area contributed by atoms with Crippen LogP contribution in [0.1, 0.15) is 75.1 Å². The summed E-state index contributed by atoms with van der Waals surface area (Å²) in [6.45, 7) is 10.3. The van der Waals surface area contributed by atoms with Gasteiger partial charge in [0, 0.05) is 63.1 Å². The number of nitrogens with one attached hydrogen (secondary N) is 1. The van der Waals surface area contributed by atoms with Crippen molar-refractivity contribution in [2.75, 3.05) is 63.3 Å². The third kappa shape index (κ3) is 5.60. The predicted octanol–water partition coefficient (Wildman–Crippen LogP) is 4.18. The molecule has 1 aromatic heterocycles. The highest BCUT2D eigenvalue weighted by molar-refractivity contribution is 5.66. The van der Waals surface area contributed by atoms with Crippen molar-refractivity contribution in [3.8, 4) is 6.01 Å². The third-order valence-electron chi connectivity index (χ3n) is 10.7. The van der Waals surface area contributed by atoms with E-state index in [4.69, 9.17) is 19.4 Å². The number of aromatic nitrogens is 2. The summed E-state index contributed by atoms with van der Waals surface area (Å²) >= 11 is 0. The molecule has 1 aromatic carbocycles. The molecule has 0 radical (unpaired) electrons. The highest BCUT2D eigenvalue weighted by Crippen LogP contribution is 2.43. The van der Waals surface area contributed by atoms with Crippen molar-refractivity contribution in [1.29, 1.82) is 0 Å². The lowest BCUT2D eigenvalue weighted by Crippen LogP contribution is -2.52. The second-order valence-electron chi connectivity index (χ2n) is 14.2. The molecule has 0 aliphatic carbocycles. The van der Waals surface area contributed by atoms with E-state index in [1.54, 1.807) is 14.1 Å². The number of anilines is 2. The zero-order valence-corrected chi connectivity index (χ0v) is 26.9. The number of para-hydroxylation sites is 1. The average Bonchev–Trinajstić information content (AvgIpc) is 3.70. The molecule has 4 saturated heterocycles. The summed E-state index contributed by atoms with van der Waals surface area (Å²) in [5.74, 6) is 1.54. The topological polar surface area (TPSA) is 86.3 Å². The molecule has 0 spiro atoms. The number of benzene rings is 1. The molecule has 4 fully saturated rings. The van der Waals surface area contributed by atoms with Crippen molar-refractivity contribution in [3.05, 3.63) is 41.1 Å². The maximum Gasteiger partial charge on any atom is 0.409 e. The molecule has 7 rings (SSSR count). The van der Waals surface area contributed by atoms with Crippen LogP contribution in [0.15, 0.2) is 24.3 Å². The predicted molar refractivity (Wildman–Crippen MR) is 172 cm³/mol. The first-order valence-corrected chi connectivity index (χ1v) is 16.8. The van der Waals surface area contributed by atoms with E-state index in [0.717, 1.165) is 76.3 Å². The summed E-state index contributed by atoms with van der Waals surface area (Å²) in [6.07, 6.45) is 7.39. The molecule has 1 N–H and O–H groups in total. The first-order valence-electron chi connectivity index (χ1n) is 16.8. The van der Waals surface area contributed by atoms with Gasteiger partial charge in [-0.05, 0) is 69.0 Å². The van der Waals surface area contributed by atoms with Crippen molar-refractivity contribution in [2.45, 2.75) is 94.9 Å². The maximum atomic E-state index is 12.1. The molecule has 5 aliphatic rings. The average molecular weight is 604 g/mol. The third-order valence-corrected chi connectivity index (χ3v) is 10.7. The first kappa shape index (κ1) is 29.6. The summed E-state index contributed by atoms with van der Waals surface area (Å²) in [7, 11) is 3.46. The summed E-state index contributed by atoms with van der Waals surface area (Å²) < 4.78 is 12.2. The standard InChI is InChI=1S/C34H49N7O3/c1-23(2)27-8-5-6-9-30(27)39-17-13-28-29(20-39)36-32(37-31(28)40-18-24-10-11-25(19-40)35-24)44-22-34-14-7-16-41(34)26(12-15-34)21-43-33(42)38(3)4/h5-6,8-9,23-26,35H,7,10-22H2,1-4H3/t24-,25+,26?,34?. The van der Waals surface area contributed by atoms with Crippen molar-refractivity contribution in [2.24, 2.45) is 0 Å². The quantitative estimate of drug-likeness (QED) is 0.478. The van der Waals surface area contributed by atoms with Gasteiger partial charge in [0.15, 0.2) is 0 Å². The molecule has 4 atom stereocenters. The van der Waals surface area contributed by atoms with Crippen LogP contribution in [0.2, 0.25) is 0 Å². The zero-order chi connectivity index (χ0) is 30.4. The summed E-state index contributed by atoms with van der Waals surface area (Å²) in [5.41, 5.74) is 5.03. The molecule has 6 heterocycles. The van der Waals surface area contributed by atoms with E-state index in [-0.39, 0.29) is 17.7 Å². The fourth-order valence-corrected chi connectivity index (χ4v) is 8.44. The van der Waals surface area contributed by atoms with Gasteiger partial charge in [-0.15, -0.1) is 0 Å². The van der Waals surface area contributed by atoms with Gasteiger partial charge in [0.1, 0.15) is 19.0 Å². The van der Waals surface area contributed by atoms with Crippen LogP contribution in [0.3, 0.4) is 0 Å². The normalized spacial score (nSPS) is 27.9. The minimum absolute atomic E-state index is 0.0506. The van der Waals surface area contributed by atoms with Crippen LogP contribution in [-0.4, -0.2) is 103 Å². The van der Waals surface area contributed by atoms with Crippen molar-refractivity contribution >= 4 is 17.6 Å². The van der Waals surface area contributed by atoms with E-state index in [0.29, 0.717) is 37.2 Å². The van der Waals surface area contributed by atoms with Crippen LogP contribution in [0.25, 0.3) is 0 Å². The Morgan fingerprint density at radius 2 is 1.86 bits per heavy atom. The highest BCUT2D eigenvalue weighted by Gasteiger charge is 2.50. The van der Waals surface area contributed by atoms with Crippen molar-refractivity contribution in [1.82, 2.24) is 25.1 Å². The van der Waals surface area contributed by atoms with Gasteiger partial charge in [0.25, 0.3) is 0 Å². The number of ether oxygens (including phenoxy) is 2. The van der Waals surface area contributed by atoms with Crippen LogP contribution < -0.4 is 19.9 Å². The number of fused-ring (bicyclic) bond motifs is 4. The number of hydrogen-bond acceptors (Lipinski definition) is 9. The smallest absolute Gasteiger partial charge is 0.409 e. The van der Waals surface area contributed by atoms with Gasteiger partial charge in [0.05, 0.1) is 17.8 Å². The maximum absolute atomic E-state index is 12.1. The van der Waals surface area contributed by atoms with E-state index in [1.807, 2.05) is 0 Å². The number of nitrogens with zero attached hydrogens (tertiary/aromatic N) is 6. The van der Waals surface area contributed by atoms with Gasteiger partial charge in [0.2, 0.25) is 0 Å². The van der Waals surface area contributed by atoms with Crippen molar-refractivity contribution in [3.63, 3.8) is 0 Å². The fraction of sp³-hybridized carbons (Fsp3) is 0.676. The van der Waals surface area contributed by atoms with Crippen LogP contribution in [0, 0.1) is 0 Å². The van der Waals surface area contributed by atoms with Crippen LogP contribution in [0.4, 0.5) is 16.3 Å². The largest absolute Gasteiger partial charge is 0.461 e. The van der Waals surface area contributed by atoms with E-state index in [1.165, 1.54) is 34.6 Å². The molecule has 10 heteroatoms. The van der Waals surface area contributed by atoms with Gasteiger partial charge in [-0.2, -0.15) is 9.97 Å². The fourth-order valence-electron chi connectivity index (χ4n) is 8.44. The highest BCUT2D eigenvalue weighted by atomic mass is 16.6. The number of amides is 1. The number of rotatable bonds is 8. The molecule has 2 aromatic rings. The van der Waals surface area contributed by atoms with Crippen molar-refractivity contribution < 1.29 is 14.3 Å². The lowest BCUT2D eigenvalue weighted by molar-refractivity contribution is 0.0483. The summed E-state index contributed by atoms with van der Waals surface area (Å²) in [4.78, 5) is 31.4. The summed E-state index contributed by atoms with van der Waals surface area (Å²) in [6, 6.07) is 10.6. The molecule has 238 valence electrons. The minimum atomic E-state index is -0.278. The molecule has 0 saturated carbocycles. The SMILES string of the molecule is CC(C)c1ccccc1N1CCc2c(nc(OCC34CCCN3C(COC(=O)N(C)C)CC4)nc2N2C[C@H]3CC[C@@H](C2)N3)C1. The van der Waals surface area contributed by atoms with Gasteiger partial charge in [-0.3, -0.25) is 4.90 Å². The zero-order valence-electron chi connectivity index (χ0n) is 26.9. The monoisotopic (exact) mass is 603 g/mol. The Morgan fingerprint density at radius 3 is 2.64 bits per heavy atom. The first-order chi connectivity index (χ1) is 21.3. The Labute approximate surface area is 262 Å². The number of carbonyl (C=O) groups is 1. The molecule has 44 heavy (non-hydrogen) atoms. The van der Waals surface area contributed by atoms with Gasteiger partial charge in [-0.1, -0.05) is 32.0 Å². The Hall–Kier alpha value is -3.11. The second kappa shape index (κ2) is 12.0. The Morgan fingerprint density at radius 1 is 1.07 bits per heavy atom. The number of hydrogen-bond donors (Lipinski definition) is 1. The van der Waals surface area contributed by atoms with Gasteiger partial charge >= 0.3 is 12.1 Å². The minimum Gasteiger partial charge on any atom is -0.461 e. The molecule has 5 aliphatic heterocycles. The molecule has 2 unspecified atom stereocenters. The van der Waals surface area contributed by atoms with Crippen LogP contribution in [-0.2, 0) is 17.7 Å². The van der Waals surface area contributed by atoms with E-state index in [9.17, 15) is 4.79 Å². The Bertz CT molecular complexity index is 1360. The lowest BCUT2D eigenvalue weighted by Gasteiger charge is -2.38. The molecular weight excluding hydrogens is 554 g/mol. The molecule has 10 nitrogen and oxygen atoms in total. The molecule has 2 bridgehead atoms. The van der Waals surface area contributed by atoms with Gasteiger partial charge < -0.3 is 29.5 Å². The Kier molecular flexibility index (Phi) is 8.07. The van der Waals surface area contributed by atoms with Crippen LogP contribution >= 0.6 is 0 Å². The second-order valence-corrected chi connectivity index (χ2v) is 14.2. The number of carbonyl (C=O) groups excluding carboxylic acids is 1. The van der Waals surface area contributed by atoms with Gasteiger partial charge in [-0.25, -0.2) is 4.79 Å². The number of piperazine rings is 1. The molecule has 1 amide bonds. The van der Waals surface area contributed by atoms with Crippen LogP contribution in [0.5, 0.6) is 6.01 Å². The molecular formula is C34H49N7O3.